The molecule has 0 aromatic heterocycles. The maximum absolute atomic E-state index is 11.7. The second-order valence-corrected chi connectivity index (χ2v) is 10.9. The summed E-state index contributed by atoms with van der Waals surface area (Å²) < 4.78 is 0. The van der Waals surface area contributed by atoms with Gasteiger partial charge in [0, 0.05) is 6.42 Å². The molecule has 35 heavy (non-hydrogen) atoms. The van der Waals surface area contributed by atoms with Crippen LogP contribution >= 0.6 is 0 Å². The molecule has 1 amide bonds. The highest BCUT2D eigenvalue weighted by molar-refractivity contribution is 5.76. The quantitative estimate of drug-likeness (QED) is 0.0947. The van der Waals surface area contributed by atoms with Gasteiger partial charge in [0.15, 0.2) is 0 Å². The monoisotopic (exact) mass is 497 g/mol. The zero-order valence-corrected chi connectivity index (χ0v) is 23.8. The Balaban J connectivity index is 3.28. The molecule has 0 bridgehead atoms. The van der Waals surface area contributed by atoms with Crippen LogP contribution in [0.1, 0.15) is 174 Å². The average Bonchev–Trinajstić information content (AvgIpc) is 2.85. The van der Waals surface area contributed by atoms with Crippen LogP contribution in [0, 0.1) is 0 Å². The predicted molar refractivity (Wildman–Crippen MR) is 152 cm³/mol. The molecule has 0 aliphatic carbocycles. The van der Waals surface area contributed by atoms with Crippen LogP contribution in [0.2, 0.25) is 0 Å². The molecule has 0 heterocycles. The minimum atomic E-state index is -0.647. The lowest BCUT2D eigenvalue weighted by Crippen LogP contribution is -2.45. The number of hydrogen-bond donors (Lipinski definition) is 3. The van der Waals surface area contributed by atoms with Crippen molar-refractivity contribution >= 4 is 5.91 Å². The number of hydrogen-bond acceptors (Lipinski definition) is 3. The molecule has 0 radical (unpaired) electrons. The Morgan fingerprint density at radius 1 is 0.571 bits per heavy atom. The van der Waals surface area contributed by atoms with Gasteiger partial charge in [0.05, 0.1) is 18.8 Å². The maximum Gasteiger partial charge on any atom is 0.220 e. The first-order chi connectivity index (χ1) is 17.2. The first-order valence-corrected chi connectivity index (χ1v) is 15.7. The number of unbranched alkanes of at least 4 members (excludes halogenated alkanes) is 21. The van der Waals surface area contributed by atoms with Gasteiger partial charge in [-0.3, -0.25) is 4.79 Å². The molecule has 0 saturated carbocycles. The summed E-state index contributed by atoms with van der Waals surface area (Å²) in [5.41, 5.74) is 0. The van der Waals surface area contributed by atoms with Gasteiger partial charge in [0.1, 0.15) is 0 Å². The highest BCUT2D eigenvalue weighted by Crippen LogP contribution is 2.16. The Morgan fingerprint density at radius 2 is 0.914 bits per heavy atom. The van der Waals surface area contributed by atoms with E-state index in [2.05, 4.69) is 12.2 Å². The number of amides is 1. The minimum absolute atomic E-state index is 0.0836. The van der Waals surface area contributed by atoms with Crippen molar-refractivity contribution in [1.82, 2.24) is 5.32 Å². The molecule has 3 N–H and O–H groups in total. The Hall–Kier alpha value is -0.610. The van der Waals surface area contributed by atoms with Crippen LogP contribution in [-0.4, -0.2) is 34.9 Å². The Morgan fingerprint density at radius 3 is 1.23 bits per heavy atom. The van der Waals surface area contributed by atoms with Crippen molar-refractivity contribution in [3.63, 3.8) is 0 Å². The van der Waals surface area contributed by atoms with Gasteiger partial charge in [-0.25, -0.2) is 0 Å². The normalized spacial score (nSPS) is 13.1. The average molecular weight is 498 g/mol. The summed E-state index contributed by atoms with van der Waals surface area (Å²) >= 11 is 0. The van der Waals surface area contributed by atoms with Gasteiger partial charge in [-0.1, -0.05) is 155 Å². The fourth-order valence-corrected chi connectivity index (χ4v) is 4.93. The molecule has 0 fully saturated rings. The molecule has 4 heteroatoms. The van der Waals surface area contributed by atoms with Crippen LogP contribution in [0.25, 0.3) is 0 Å². The van der Waals surface area contributed by atoms with Crippen LogP contribution in [0.5, 0.6) is 0 Å². The van der Waals surface area contributed by atoms with E-state index in [1.165, 1.54) is 128 Å². The van der Waals surface area contributed by atoms with Crippen molar-refractivity contribution in [1.29, 1.82) is 0 Å². The van der Waals surface area contributed by atoms with Crippen molar-refractivity contribution in [2.24, 2.45) is 0 Å². The molecule has 0 rings (SSSR count). The van der Waals surface area contributed by atoms with E-state index in [0.29, 0.717) is 12.8 Å². The standard InChI is InChI=1S/C31H63NO3/c1-3-5-6-7-8-9-10-11-12-13-14-15-16-17-18-19-20-21-22-23-24-25-27-30(34)29(28-33)32-31(35)26-4-2/h29-30,33-34H,3-28H2,1-2H3,(H,32,35). The van der Waals surface area contributed by atoms with Gasteiger partial charge in [-0.05, 0) is 12.8 Å². The third kappa shape index (κ3) is 24.8. The van der Waals surface area contributed by atoms with E-state index >= 15 is 0 Å². The van der Waals surface area contributed by atoms with E-state index in [1.54, 1.807) is 0 Å². The SMILES string of the molecule is CCCCCCCCCCCCCCCCCCCCCCCCC(O)C(CO)NC(=O)CCC. The molecule has 0 aliphatic rings. The van der Waals surface area contributed by atoms with Crippen molar-refractivity contribution in [3.8, 4) is 0 Å². The topological polar surface area (TPSA) is 69.6 Å². The minimum Gasteiger partial charge on any atom is -0.394 e. The summed E-state index contributed by atoms with van der Waals surface area (Å²) in [5, 5.41) is 22.4. The third-order valence-corrected chi connectivity index (χ3v) is 7.34. The van der Waals surface area contributed by atoms with E-state index in [9.17, 15) is 15.0 Å². The zero-order valence-electron chi connectivity index (χ0n) is 23.8. The molecule has 0 saturated heterocycles. The molecule has 2 atom stereocenters. The van der Waals surface area contributed by atoms with Crippen molar-refractivity contribution in [3.05, 3.63) is 0 Å². The van der Waals surface area contributed by atoms with Gasteiger partial charge in [-0.15, -0.1) is 0 Å². The molecule has 0 spiro atoms. The fraction of sp³-hybridized carbons (Fsp3) is 0.968. The molecule has 0 aromatic carbocycles. The number of aliphatic hydroxyl groups is 2. The summed E-state index contributed by atoms with van der Waals surface area (Å²) in [6.07, 6.45) is 31.4. The summed E-state index contributed by atoms with van der Waals surface area (Å²) in [6, 6.07) is -0.524. The number of aliphatic hydroxyl groups excluding tert-OH is 2. The highest BCUT2D eigenvalue weighted by atomic mass is 16.3. The zero-order chi connectivity index (χ0) is 25.8. The van der Waals surface area contributed by atoms with Crippen LogP contribution in [-0.2, 0) is 4.79 Å². The molecule has 210 valence electrons. The third-order valence-electron chi connectivity index (χ3n) is 7.34. The van der Waals surface area contributed by atoms with E-state index in [1.807, 2.05) is 6.92 Å². The lowest BCUT2D eigenvalue weighted by molar-refractivity contribution is -0.123. The first kappa shape index (κ1) is 34.4. The van der Waals surface area contributed by atoms with Crippen LogP contribution in [0.4, 0.5) is 0 Å². The van der Waals surface area contributed by atoms with Gasteiger partial charge in [0.25, 0.3) is 0 Å². The van der Waals surface area contributed by atoms with Crippen molar-refractivity contribution in [2.45, 2.75) is 187 Å². The first-order valence-electron chi connectivity index (χ1n) is 15.7. The van der Waals surface area contributed by atoms with Gasteiger partial charge < -0.3 is 15.5 Å². The Bertz CT molecular complexity index is 429. The molecular weight excluding hydrogens is 434 g/mol. The van der Waals surface area contributed by atoms with Gasteiger partial charge >= 0.3 is 0 Å². The largest absolute Gasteiger partial charge is 0.394 e. The summed E-state index contributed by atoms with van der Waals surface area (Å²) in [6.45, 7) is 4.04. The smallest absolute Gasteiger partial charge is 0.220 e. The van der Waals surface area contributed by atoms with Crippen LogP contribution in [0.15, 0.2) is 0 Å². The lowest BCUT2D eigenvalue weighted by atomic mass is 10.0. The molecular formula is C31H63NO3. The molecule has 4 nitrogen and oxygen atoms in total. The van der Waals surface area contributed by atoms with E-state index < -0.39 is 12.1 Å². The number of rotatable bonds is 28. The number of carbonyl (C=O) groups excluding carboxylic acids is 1. The van der Waals surface area contributed by atoms with E-state index in [4.69, 9.17) is 0 Å². The summed E-state index contributed by atoms with van der Waals surface area (Å²) in [5.74, 6) is -0.0836. The molecule has 0 aliphatic heterocycles. The summed E-state index contributed by atoms with van der Waals surface area (Å²) in [4.78, 5) is 11.7. The summed E-state index contributed by atoms with van der Waals surface area (Å²) in [7, 11) is 0. The Kier molecular flexibility index (Phi) is 27.5. The van der Waals surface area contributed by atoms with E-state index in [-0.39, 0.29) is 12.5 Å². The molecule has 2 unspecified atom stereocenters. The van der Waals surface area contributed by atoms with Gasteiger partial charge in [-0.2, -0.15) is 0 Å². The van der Waals surface area contributed by atoms with Crippen LogP contribution < -0.4 is 5.32 Å². The van der Waals surface area contributed by atoms with Crippen molar-refractivity contribution in [2.75, 3.05) is 6.61 Å². The van der Waals surface area contributed by atoms with E-state index in [0.717, 1.165) is 19.3 Å². The lowest BCUT2D eigenvalue weighted by Gasteiger charge is -2.22. The van der Waals surface area contributed by atoms with Crippen LogP contribution in [0.3, 0.4) is 0 Å². The maximum atomic E-state index is 11.7. The predicted octanol–water partition coefficient (Wildman–Crippen LogP) is 8.62. The highest BCUT2D eigenvalue weighted by Gasteiger charge is 2.19. The fourth-order valence-electron chi connectivity index (χ4n) is 4.93. The number of nitrogens with one attached hydrogen (secondary N) is 1. The van der Waals surface area contributed by atoms with Crippen molar-refractivity contribution < 1.29 is 15.0 Å². The number of carbonyl (C=O) groups is 1. The second-order valence-electron chi connectivity index (χ2n) is 10.9. The second kappa shape index (κ2) is 28.0. The van der Waals surface area contributed by atoms with Gasteiger partial charge in [0.2, 0.25) is 5.91 Å². The molecule has 0 aromatic rings. The Labute approximate surface area is 219 Å².